The van der Waals surface area contributed by atoms with Crippen molar-refractivity contribution in [2.75, 3.05) is 18.4 Å². The Labute approximate surface area is 115 Å². The van der Waals surface area contributed by atoms with Gasteiger partial charge in [-0.25, -0.2) is 18.7 Å². The second-order valence-corrected chi connectivity index (χ2v) is 4.25. The summed E-state index contributed by atoms with van der Waals surface area (Å²) in [4.78, 5) is 7.99. The Kier molecular flexibility index (Phi) is 4.57. The molecule has 2 aromatic heterocycles. The predicted molar refractivity (Wildman–Crippen MR) is 71.4 cm³/mol. The van der Waals surface area contributed by atoms with Crippen LogP contribution in [0, 0.1) is 0 Å². The van der Waals surface area contributed by atoms with Crippen LogP contribution in [-0.4, -0.2) is 32.8 Å². The molecule has 108 valence electrons. The third-order valence-corrected chi connectivity index (χ3v) is 2.61. The van der Waals surface area contributed by atoms with Gasteiger partial charge in [0.2, 0.25) is 5.95 Å². The summed E-state index contributed by atoms with van der Waals surface area (Å²) >= 11 is 0. The van der Waals surface area contributed by atoms with Crippen molar-refractivity contribution in [1.82, 2.24) is 19.7 Å². The highest BCUT2D eigenvalue weighted by atomic mass is 19.3. The third-order valence-electron chi connectivity index (χ3n) is 2.61. The highest BCUT2D eigenvalue weighted by Gasteiger charge is 2.15. The molecule has 0 aliphatic heterocycles. The second-order valence-electron chi connectivity index (χ2n) is 4.25. The van der Waals surface area contributed by atoms with Gasteiger partial charge in [-0.2, -0.15) is 5.10 Å². The van der Waals surface area contributed by atoms with E-state index in [2.05, 4.69) is 20.4 Å². The van der Waals surface area contributed by atoms with Gasteiger partial charge >= 0.3 is 0 Å². The smallest absolute Gasteiger partial charge is 0.280 e. The Morgan fingerprint density at radius 3 is 2.75 bits per heavy atom. The minimum atomic E-state index is -2.66. The van der Waals surface area contributed by atoms with Crippen molar-refractivity contribution in [3.8, 4) is 11.4 Å². The maximum absolute atomic E-state index is 12.9. The fourth-order valence-corrected chi connectivity index (χ4v) is 1.64. The number of nitrogens with one attached hydrogen (secondary N) is 1. The average Bonchev–Trinajstić information content (AvgIpc) is 2.85. The molecular formula is C12H16F2N6. The van der Waals surface area contributed by atoms with Crippen LogP contribution >= 0.6 is 0 Å². The minimum Gasteiger partial charge on any atom is -0.354 e. The molecule has 0 saturated carbocycles. The van der Waals surface area contributed by atoms with E-state index >= 15 is 0 Å². The summed E-state index contributed by atoms with van der Waals surface area (Å²) in [7, 11) is 1.75. The third kappa shape index (κ3) is 3.47. The molecule has 0 aromatic carbocycles. The summed E-state index contributed by atoms with van der Waals surface area (Å²) in [5.74, 6) is 0.164. The van der Waals surface area contributed by atoms with Gasteiger partial charge in [0.05, 0.1) is 5.69 Å². The van der Waals surface area contributed by atoms with Gasteiger partial charge in [0.1, 0.15) is 11.4 Å². The SMILES string of the molecule is Cn1ccc(-c2cc(C(F)F)nc(NCCCN)n2)n1. The maximum atomic E-state index is 12.9. The first-order chi connectivity index (χ1) is 9.60. The highest BCUT2D eigenvalue weighted by molar-refractivity contribution is 5.56. The van der Waals surface area contributed by atoms with E-state index in [9.17, 15) is 8.78 Å². The molecule has 3 N–H and O–H groups in total. The Balaban J connectivity index is 2.30. The fourth-order valence-electron chi connectivity index (χ4n) is 1.64. The standard InChI is InChI=1S/C12H16F2N6/c1-20-6-3-8(19-20)9-7-10(11(13)14)18-12(17-9)16-5-2-4-15/h3,6-7,11H,2,4-5,15H2,1H3,(H,16,17,18). The number of nitrogens with two attached hydrogens (primary N) is 1. The molecule has 0 fully saturated rings. The lowest BCUT2D eigenvalue weighted by Crippen LogP contribution is -2.11. The lowest BCUT2D eigenvalue weighted by molar-refractivity contribution is 0.146. The van der Waals surface area contributed by atoms with Gasteiger partial charge in [0.25, 0.3) is 6.43 Å². The molecule has 8 heteroatoms. The van der Waals surface area contributed by atoms with Crippen LogP contribution in [0.2, 0.25) is 0 Å². The first-order valence-corrected chi connectivity index (χ1v) is 6.21. The molecule has 0 amide bonds. The first-order valence-electron chi connectivity index (χ1n) is 6.21. The molecule has 0 bridgehead atoms. The van der Waals surface area contributed by atoms with E-state index in [1.165, 1.54) is 6.07 Å². The van der Waals surface area contributed by atoms with Gasteiger partial charge in [0, 0.05) is 19.8 Å². The first kappa shape index (κ1) is 14.3. The van der Waals surface area contributed by atoms with Crippen LogP contribution in [0.5, 0.6) is 0 Å². The van der Waals surface area contributed by atoms with Gasteiger partial charge in [-0.15, -0.1) is 0 Å². The summed E-state index contributed by atoms with van der Waals surface area (Å²) in [6.07, 6.45) is -0.224. The zero-order chi connectivity index (χ0) is 14.5. The monoisotopic (exact) mass is 282 g/mol. The molecule has 0 saturated heterocycles. The maximum Gasteiger partial charge on any atom is 0.280 e. The molecule has 20 heavy (non-hydrogen) atoms. The Morgan fingerprint density at radius 1 is 1.35 bits per heavy atom. The molecule has 0 aliphatic rings. The van der Waals surface area contributed by atoms with E-state index in [1.807, 2.05) is 0 Å². The van der Waals surface area contributed by atoms with Crippen molar-refractivity contribution >= 4 is 5.95 Å². The fraction of sp³-hybridized carbons (Fsp3) is 0.417. The predicted octanol–water partition coefficient (Wildman–Crippen LogP) is 1.58. The van der Waals surface area contributed by atoms with Gasteiger partial charge in [-0.05, 0) is 25.1 Å². The number of anilines is 1. The zero-order valence-corrected chi connectivity index (χ0v) is 11.1. The summed E-state index contributed by atoms with van der Waals surface area (Å²) < 4.78 is 27.3. The van der Waals surface area contributed by atoms with Crippen LogP contribution in [-0.2, 0) is 7.05 Å². The Bertz CT molecular complexity index is 569. The van der Waals surface area contributed by atoms with Crippen molar-refractivity contribution in [2.24, 2.45) is 12.8 Å². The van der Waals surface area contributed by atoms with Gasteiger partial charge < -0.3 is 11.1 Å². The van der Waals surface area contributed by atoms with Crippen LogP contribution in [0.1, 0.15) is 18.5 Å². The number of hydrogen-bond acceptors (Lipinski definition) is 5. The lowest BCUT2D eigenvalue weighted by Gasteiger charge is -2.08. The molecule has 0 spiro atoms. The summed E-state index contributed by atoms with van der Waals surface area (Å²) in [5.41, 5.74) is 5.95. The highest BCUT2D eigenvalue weighted by Crippen LogP contribution is 2.23. The molecule has 0 atom stereocenters. The number of aryl methyl sites for hydroxylation is 1. The lowest BCUT2D eigenvalue weighted by atomic mass is 10.2. The van der Waals surface area contributed by atoms with E-state index in [1.54, 1.807) is 24.0 Å². The number of aromatic nitrogens is 4. The summed E-state index contributed by atoms with van der Waals surface area (Å²) in [6, 6.07) is 2.96. The largest absolute Gasteiger partial charge is 0.354 e. The normalized spacial score (nSPS) is 11.1. The topological polar surface area (TPSA) is 81.7 Å². The van der Waals surface area contributed by atoms with Crippen LogP contribution in [0.25, 0.3) is 11.4 Å². The van der Waals surface area contributed by atoms with Crippen LogP contribution in [0.3, 0.4) is 0 Å². The van der Waals surface area contributed by atoms with E-state index in [4.69, 9.17) is 5.73 Å². The van der Waals surface area contributed by atoms with Crippen molar-refractivity contribution in [1.29, 1.82) is 0 Å². The van der Waals surface area contributed by atoms with E-state index in [0.717, 1.165) is 0 Å². The number of alkyl halides is 2. The van der Waals surface area contributed by atoms with Crippen LogP contribution < -0.4 is 11.1 Å². The number of hydrogen-bond donors (Lipinski definition) is 2. The molecule has 0 unspecified atom stereocenters. The number of rotatable bonds is 6. The van der Waals surface area contributed by atoms with Crippen molar-refractivity contribution in [2.45, 2.75) is 12.8 Å². The van der Waals surface area contributed by atoms with E-state index < -0.39 is 6.43 Å². The Hall–Kier alpha value is -2.09. The molecule has 2 aromatic rings. The number of nitrogens with zero attached hydrogens (tertiary/aromatic N) is 4. The van der Waals surface area contributed by atoms with Gasteiger partial charge in [-0.3, -0.25) is 4.68 Å². The van der Waals surface area contributed by atoms with Crippen molar-refractivity contribution in [3.05, 3.63) is 24.0 Å². The molecule has 2 heterocycles. The summed E-state index contributed by atoms with van der Waals surface area (Å²) in [5, 5.41) is 7.04. The van der Waals surface area contributed by atoms with Gasteiger partial charge in [0.15, 0.2) is 0 Å². The Morgan fingerprint density at radius 2 is 2.15 bits per heavy atom. The molecule has 0 aliphatic carbocycles. The van der Waals surface area contributed by atoms with Crippen molar-refractivity contribution < 1.29 is 8.78 Å². The van der Waals surface area contributed by atoms with E-state index in [-0.39, 0.29) is 11.6 Å². The molecular weight excluding hydrogens is 266 g/mol. The number of halogens is 2. The van der Waals surface area contributed by atoms with Crippen molar-refractivity contribution in [3.63, 3.8) is 0 Å². The summed E-state index contributed by atoms with van der Waals surface area (Å²) in [6.45, 7) is 1.04. The average molecular weight is 282 g/mol. The molecule has 6 nitrogen and oxygen atoms in total. The molecule has 0 radical (unpaired) electrons. The zero-order valence-electron chi connectivity index (χ0n) is 11.1. The molecule has 2 rings (SSSR count). The van der Waals surface area contributed by atoms with E-state index in [0.29, 0.717) is 30.9 Å². The minimum absolute atomic E-state index is 0.164. The van der Waals surface area contributed by atoms with Crippen LogP contribution in [0.15, 0.2) is 18.3 Å². The van der Waals surface area contributed by atoms with Crippen LogP contribution in [0.4, 0.5) is 14.7 Å². The van der Waals surface area contributed by atoms with Gasteiger partial charge in [-0.1, -0.05) is 0 Å². The second kappa shape index (κ2) is 6.38. The quantitative estimate of drug-likeness (QED) is 0.786.